The highest BCUT2D eigenvalue weighted by molar-refractivity contribution is 6.99. The van der Waals surface area contributed by atoms with Crippen LogP contribution in [-0.2, 0) is 34.8 Å². The molecule has 2 saturated heterocycles. The van der Waals surface area contributed by atoms with E-state index in [-0.39, 0.29) is 35.3 Å². The van der Waals surface area contributed by atoms with Crippen molar-refractivity contribution in [2.75, 3.05) is 6.54 Å². The topological polar surface area (TPSA) is 154 Å². The Hall–Kier alpha value is -4.81. The van der Waals surface area contributed by atoms with Crippen LogP contribution in [0.3, 0.4) is 0 Å². The van der Waals surface area contributed by atoms with Gasteiger partial charge in [0, 0.05) is 19.4 Å². The minimum Gasteiger partial charge on any atom is -0.508 e. The van der Waals surface area contributed by atoms with E-state index in [2.05, 4.69) is 61.0 Å². The van der Waals surface area contributed by atoms with Gasteiger partial charge in [-0.1, -0.05) is 113 Å². The number of unbranched alkanes of at least 4 members (excludes halogenated alkanes) is 2. The van der Waals surface area contributed by atoms with E-state index < -0.39 is 55.8 Å². The third kappa shape index (κ3) is 10.0. The number of ketones is 1. The number of nitrogens with zero attached hydrogens (tertiary/aromatic N) is 1. The van der Waals surface area contributed by atoms with Gasteiger partial charge in [0.2, 0.25) is 23.6 Å². The van der Waals surface area contributed by atoms with Crippen LogP contribution >= 0.6 is 0 Å². The number of hydrogen-bond donors (Lipinski definition) is 4. The summed E-state index contributed by atoms with van der Waals surface area (Å²) in [7, 11) is -2.91. The van der Waals surface area contributed by atoms with Gasteiger partial charge in [-0.05, 0) is 79.1 Å². The number of hydrogen-bond acceptors (Lipinski definition) is 7. The van der Waals surface area contributed by atoms with Gasteiger partial charge < -0.3 is 30.4 Å². The molecule has 306 valence electrons. The fourth-order valence-electron chi connectivity index (χ4n) is 8.14. The molecule has 4 N–H and O–H groups in total. The van der Waals surface area contributed by atoms with Crippen LogP contribution in [0.2, 0.25) is 5.04 Å². The molecule has 12 heteroatoms. The first-order chi connectivity index (χ1) is 27.1. The highest BCUT2D eigenvalue weighted by atomic mass is 28.4. The number of phenols is 1. The second-order valence-electron chi connectivity index (χ2n) is 16.8. The molecule has 0 aromatic heterocycles. The number of carbonyl (C=O) groups excluding carboxylic acids is 5. The van der Waals surface area contributed by atoms with Gasteiger partial charge in [0.1, 0.15) is 35.5 Å². The second kappa shape index (κ2) is 18.6. The molecule has 11 nitrogen and oxygen atoms in total. The lowest BCUT2D eigenvalue weighted by Crippen LogP contribution is -2.68. The predicted octanol–water partition coefficient (Wildman–Crippen LogP) is 4.68. The standard InChI is InChI=1S/C45H60N4O7Si/c1-7-45(6)43(55)47-37(30-32-25-27-33(50)28-26-32)42(54)49-29-17-23-38(49)41(53)46-36(40(52)48-45)22-15-10-16-24-39(51)31(2)56-57(44(3,4)5,34-18-11-8-12-19-34)35-20-13-9-14-21-35/h8-9,11-14,18-21,25-28,31,36-38,50H,7,10,15-17,22-24,29-30H2,1-6H3,(H,46,53)(H,47,55)(H,48,52)/t31-,36+,37+,38-,45+/m1/s1. The molecule has 57 heavy (non-hydrogen) atoms. The number of aromatic hydroxyl groups is 1. The summed E-state index contributed by atoms with van der Waals surface area (Å²) in [6, 6.07) is 24.2. The average molecular weight is 797 g/mol. The second-order valence-corrected chi connectivity index (χ2v) is 21.1. The lowest BCUT2D eigenvalue weighted by Gasteiger charge is -2.44. The van der Waals surface area contributed by atoms with Gasteiger partial charge in [0.05, 0.1) is 0 Å². The maximum atomic E-state index is 14.0. The minimum absolute atomic E-state index is 0.0134. The van der Waals surface area contributed by atoms with Crippen molar-refractivity contribution in [1.29, 1.82) is 0 Å². The maximum Gasteiger partial charge on any atom is 0.262 e. The molecule has 4 amide bonds. The molecule has 0 aliphatic carbocycles. The van der Waals surface area contributed by atoms with Gasteiger partial charge in [-0.3, -0.25) is 24.0 Å². The molecule has 0 unspecified atom stereocenters. The molecule has 0 spiro atoms. The van der Waals surface area contributed by atoms with E-state index >= 15 is 0 Å². The first-order valence-corrected chi connectivity index (χ1v) is 22.3. The van der Waals surface area contributed by atoms with Crippen molar-refractivity contribution in [2.45, 2.75) is 134 Å². The number of rotatable bonds is 14. The van der Waals surface area contributed by atoms with Crippen molar-refractivity contribution >= 4 is 48.1 Å². The summed E-state index contributed by atoms with van der Waals surface area (Å²) in [4.78, 5) is 70.8. The summed E-state index contributed by atoms with van der Waals surface area (Å²) in [6.45, 7) is 12.1. The van der Waals surface area contributed by atoms with E-state index in [0.717, 1.165) is 15.9 Å². The fraction of sp³-hybridized carbons (Fsp3) is 0.489. The van der Waals surface area contributed by atoms with Gasteiger partial charge in [-0.2, -0.15) is 0 Å². The van der Waals surface area contributed by atoms with E-state index in [1.54, 1.807) is 26.0 Å². The Morgan fingerprint density at radius 3 is 2.07 bits per heavy atom. The summed E-state index contributed by atoms with van der Waals surface area (Å²) in [5.74, 6) is -1.64. The molecule has 0 bridgehead atoms. The van der Waals surface area contributed by atoms with E-state index in [9.17, 15) is 29.1 Å². The van der Waals surface area contributed by atoms with E-state index in [1.807, 2.05) is 43.3 Å². The summed E-state index contributed by atoms with van der Waals surface area (Å²) < 4.78 is 7.02. The van der Waals surface area contributed by atoms with Gasteiger partial charge in [-0.15, -0.1) is 0 Å². The van der Waals surface area contributed by atoms with Crippen molar-refractivity contribution in [1.82, 2.24) is 20.9 Å². The zero-order valence-electron chi connectivity index (χ0n) is 34.3. The first-order valence-electron chi connectivity index (χ1n) is 20.4. The lowest BCUT2D eigenvalue weighted by molar-refractivity contribution is -0.144. The molecule has 0 radical (unpaired) electrons. The van der Waals surface area contributed by atoms with Crippen LogP contribution in [0.25, 0.3) is 0 Å². The number of fused-ring (bicyclic) bond motifs is 1. The molecule has 3 aromatic carbocycles. The van der Waals surface area contributed by atoms with Crippen LogP contribution in [0.15, 0.2) is 84.9 Å². The number of benzene rings is 3. The van der Waals surface area contributed by atoms with Gasteiger partial charge >= 0.3 is 0 Å². The highest BCUT2D eigenvalue weighted by Crippen LogP contribution is 2.37. The molecule has 5 atom stereocenters. The number of phenolic OH excluding ortho intramolecular Hbond substituents is 1. The maximum absolute atomic E-state index is 14.0. The lowest BCUT2D eigenvalue weighted by atomic mass is 9.94. The van der Waals surface area contributed by atoms with Crippen LogP contribution in [0.4, 0.5) is 0 Å². The van der Waals surface area contributed by atoms with Crippen molar-refractivity contribution in [3.63, 3.8) is 0 Å². The normalized spacial score (nSPS) is 22.7. The van der Waals surface area contributed by atoms with Crippen LogP contribution in [0.1, 0.15) is 98.5 Å². The van der Waals surface area contributed by atoms with Crippen molar-refractivity contribution in [3.8, 4) is 5.75 Å². The van der Waals surface area contributed by atoms with Crippen molar-refractivity contribution in [2.24, 2.45) is 0 Å². The highest BCUT2D eigenvalue weighted by Gasteiger charge is 2.51. The largest absolute Gasteiger partial charge is 0.508 e. The van der Waals surface area contributed by atoms with Gasteiger partial charge in [-0.25, -0.2) is 0 Å². The third-order valence-corrected chi connectivity index (χ3v) is 16.8. The summed E-state index contributed by atoms with van der Waals surface area (Å²) in [5.41, 5.74) is -0.630. The molecule has 2 aliphatic rings. The Morgan fingerprint density at radius 2 is 1.49 bits per heavy atom. The molecular weight excluding hydrogens is 737 g/mol. The molecule has 5 rings (SSSR count). The van der Waals surface area contributed by atoms with Crippen LogP contribution in [-0.4, -0.2) is 84.0 Å². The van der Waals surface area contributed by atoms with Crippen LogP contribution in [0, 0.1) is 0 Å². The zero-order valence-corrected chi connectivity index (χ0v) is 35.3. The van der Waals surface area contributed by atoms with Crippen molar-refractivity contribution < 1.29 is 33.5 Å². The number of carbonyl (C=O) groups is 5. The monoisotopic (exact) mass is 796 g/mol. The smallest absolute Gasteiger partial charge is 0.262 e. The Labute approximate surface area is 338 Å². The molecule has 2 heterocycles. The summed E-state index contributed by atoms with van der Waals surface area (Å²) in [5, 5.41) is 20.4. The molecular formula is C45H60N4O7Si. The molecule has 3 aromatic rings. The van der Waals surface area contributed by atoms with E-state index in [1.165, 1.54) is 17.0 Å². The number of amides is 4. The summed E-state index contributed by atoms with van der Waals surface area (Å²) >= 11 is 0. The number of nitrogens with one attached hydrogen (secondary N) is 3. The Kier molecular flexibility index (Phi) is 14.2. The van der Waals surface area contributed by atoms with Crippen LogP contribution < -0.4 is 26.3 Å². The Bertz CT molecular complexity index is 1830. The van der Waals surface area contributed by atoms with Gasteiger partial charge in [0.15, 0.2) is 5.78 Å². The van der Waals surface area contributed by atoms with E-state index in [0.29, 0.717) is 51.5 Å². The third-order valence-electron chi connectivity index (χ3n) is 11.7. The Morgan fingerprint density at radius 1 is 0.877 bits per heavy atom. The first kappa shape index (κ1) is 43.3. The SMILES string of the molecule is CC[C@]1(C)NC(=O)[C@H](CCCCCC(=O)[C@@H](C)O[Si](c2ccccc2)(c2ccccc2)C(C)(C)C)NC(=O)[C@H]2CCCN2C(=O)[C@H](Cc2ccc(O)cc2)NC1=O. The quantitative estimate of drug-likeness (QED) is 0.137. The van der Waals surface area contributed by atoms with Gasteiger partial charge in [0.25, 0.3) is 8.32 Å². The average Bonchev–Trinajstić information content (AvgIpc) is 3.69. The molecule has 2 fully saturated rings. The Balaban J connectivity index is 1.25. The van der Waals surface area contributed by atoms with E-state index in [4.69, 9.17) is 4.43 Å². The predicted molar refractivity (Wildman–Crippen MR) is 224 cm³/mol. The van der Waals surface area contributed by atoms with Crippen molar-refractivity contribution in [3.05, 3.63) is 90.5 Å². The fourth-order valence-corrected chi connectivity index (χ4v) is 12.8. The zero-order chi connectivity index (χ0) is 41.4. The summed E-state index contributed by atoms with van der Waals surface area (Å²) in [6.07, 6.45) is 3.18. The molecule has 0 saturated carbocycles. The molecule has 2 aliphatic heterocycles. The van der Waals surface area contributed by atoms with Crippen LogP contribution in [0.5, 0.6) is 5.75 Å². The number of Topliss-reactive ketones (excluding diaryl/α,β-unsaturated/α-hetero) is 1. The minimum atomic E-state index is -2.91.